The number of hydrogen-bond acceptors (Lipinski definition) is 3. The van der Waals surface area contributed by atoms with Gasteiger partial charge >= 0.3 is 6.09 Å². The second-order valence-corrected chi connectivity index (χ2v) is 6.95. The minimum absolute atomic E-state index is 0.208. The van der Waals surface area contributed by atoms with Gasteiger partial charge in [0.05, 0.1) is 12.1 Å². The van der Waals surface area contributed by atoms with E-state index in [-0.39, 0.29) is 6.04 Å². The maximum atomic E-state index is 10.9. The number of carbonyl (C=O) groups excluding carboxylic acids is 1. The summed E-state index contributed by atoms with van der Waals surface area (Å²) in [5, 5.41) is 12.6. The number of amides is 1. The molecule has 2 unspecified atom stereocenters. The molecule has 1 fully saturated rings. The van der Waals surface area contributed by atoms with Crippen LogP contribution in [0.25, 0.3) is 0 Å². The molecule has 0 aromatic heterocycles. The van der Waals surface area contributed by atoms with Gasteiger partial charge in [0, 0.05) is 0 Å². The largest absolute Gasteiger partial charge is 0.447 e. The van der Waals surface area contributed by atoms with E-state index >= 15 is 0 Å². The molecule has 1 rings (SSSR count). The fraction of sp³-hybridized carbons (Fsp3) is 0.947. The zero-order valence-corrected chi connectivity index (χ0v) is 15.0. The van der Waals surface area contributed by atoms with Crippen molar-refractivity contribution in [3.05, 3.63) is 0 Å². The van der Waals surface area contributed by atoms with Gasteiger partial charge in [-0.25, -0.2) is 4.79 Å². The molecule has 4 heteroatoms. The molecule has 23 heavy (non-hydrogen) atoms. The zero-order valence-electron chi connectivity index (χ0n) is 15.0. The minimum atomic E-state index is -0.464. The number of carbonyl (C=O) groups is 1. The Kier molecular flexibility index (Phi) is 12.0. The fourth-order valence-electron chi connectivity index (χ4n) is 3.18. The second kappa shape index (κ2) is 13.6. The van der Waals surface area contributed by atoms with Crippen molar-refractivity contribution in [2.24, 2.45) is 0 Å². The quantitative estimate of drug-likeness (QED) is 0.419. The number of ether oxygens (including phenoxy) is 1. The molecule has 2 N–H and O–H groups in total. The van der Waals surface area contributed by atoms with Crippen molar-refractivity contribution in [3.63, 3.8) is 0 Å². The zero-order chi connectivity index (χ0) is 16.8. The number of unbranched alkanes of at least 4 members (excludes halogenated alkanes) is 12. The molecular weight excluding hydrogens is 290 g/mol. The van der Waals surface area contributed by atoms with Crippen molar-refractivity contribution in [1.29, 1.82) is 0 Å². The van der Waals surface area contributed by atoms with Crippen molar-refractivity contribution < 1.29 is 14.6 Å². The van der Waals surface area contributed by atoms with E-state index in [0.29, 0.717) is 6.61 Å². The lowest BCUT2D eigenvalue weighted by Gasteiger charge is -2.15. The lowest BCUT2D eigenvalue weighted by molar-refractivity contribution is 0.114. The third kappa shape index (κ3) is 10.6. The molecule has 0 saturated carbocycles. The number of rotatable bonds is 15. The molecular formula is C19H37NO3. The summed E-state index contributed by atoms with van der Waals surface area (Å²) in [5.74, 6) is 0. The molecule has 0 aliphatic carbocycles. The van der Waals surface area contributed by atoms with Crippen LogP contribution in [0.5, 0.6) is 0 Å². The highest BCUT2D eigenvalue weighted by molar-refractivity contribution is 5.69. The summed E-state index contributed by atoms with van der Waals surface area (Å²) in [6, 6.07) is -0.208. The van der Waals surface area contributed by atoms with E-state index in [1.54, 1.807) is 0 Å². The van der Waals surface area contributed by atoms with Gasteiger partial charge in [-0.1, -0.05) is 90.4 Å². The van der Waals surface area contributed by atoms with Gasteiger partial charge in [-0.3, -0.25) is 0 Å². The number of hydrogen-bond donors (Lipinski definition) is 2. The molecule has 1 aliphatic rings. The molecule has 0 spiro atoms. The molecule has 4 nitrogen and oxygen atoms in total. The lowest BCUT2D eigenvalue weighted by Crippen LogP contribution is -2.37. The van der Waals surface area contributed by atoms with E-state index in [0.717, 1.165) is 12.8 Å². The highest BCUT2D eigenvalue weighted by Gasteiger charge is 2.28. The van der Waals surface area contributed by atoms with Crippen LogP contribution < -0.4 is 5.32 Å². The smallest absolute Gasteiger partial charge is 0.407 e. The summed E-state index contributed by atoms with van der Waals surface area (Å²) >= 11 is 0. The van der Waals surface area contributed by atoms with Gasteiger partial charge in [0.2, 0.25) is 0 Å². The molecule has 1 amide bonds. The highest BCUT2D eigenvalue weighted by atomic mass is 16.6. The van der Waals surface area contributed by atoms with Crippen molar-refractivity contribution in [1.82, 2.24) is 5.32 Å². The first-order valence-electron chi connectivity index (χ1n) is 9.85. The van der Waals surface area contributed by atoms with Gasteiger partial charge in [0.1, 0.15) is 6.61 Å². The van der Waals surface area contributed by atoms with Crippen LogP contribution in [-0.4, -0.2) is 30.0 Å². The Hall–Kier alpha value is -0.770. The Morgan fingerprint density at radius 3 is 1.87 bits per heavy atom. The van der Waals surface area contributed by atoms with E-state index in [1.807, 2.05) is 0 Å². The Balaban J connectivity index is 1.77. The summed E-state index contributed by atoms with van der Waals surface area (Å²) in [5.41, 5.74) is 0. The highest BCUT2D eigenvalue weighted by Crippen LogP contribution is 2.14. The fourth-order valence-corrected chi connectivity index (χ4v) is 3.18. The summed E-state index contributed by atoms with van der Waals surface area (Å²) in [7, 11) is 0. The molecule has 1 saturated heterocycles. The van der Waals surface area contributed by atoms with Crippen molar-refractivity contribution in [2.45, 2.75) is 109 Å². The first-order valence-corrected chi connectivity index (χ1v) is 9.85. The SMILES string of the molecule is CCCCCCCCCCCCCCCC(O)C1COC(=O)N1. The Labute approximate surface area is 142 Å². The summed E-state index contributed by atoms with van der Waals surface area (Å²) < 4.78 is 4.80. The molecule has 2 atom stereocenters. The number of alkyl carbamates (subject to hydrolysis) is 1. The van der Waals surface area contributed by atoms with Crippen LogP contribution >= 0.6 is 0 Å². The summed E-state index contributed by atoms with van der Waals surface area (Å²) in [6.45, 7) is 2.57. The summed E-state index contributed by atoms with van der Waals surface area (Å²) in [6.07, 6.45) is 17.2. The van der Waals surface area contributed by atoms with Gasteiger partial charge < -0.3 is 15.2 Å². The standard InChI is InChI=1S/C19H37NO3/c1-2-3-4-5-6-7-8-9-10-11-12-13-14-15-18(21)17-16-23-19(22)20-17/h17-18,21H,2-16H2,1H3,(H,20,22). The lowest BCUT2D eigenvalue weighted by atomic mass is 10.0. The van der Waals surface area contributed by atoms with Crippen LogP contribution in [0, 0.1) is 0 Å². The third-order valence-electron chi connectivity index (χ3n) is 4.77. The van der Waals surface area contributed by atoms with Crippen LogP contribution in [0.2, 0.25) is 0 Å². The molecule has 0 bridgehead atoms. The van der Waals surface area contributed by atoms with Crippen LogP contribution in [0.4, 0.5) is 4.79 Å². The topological polar surface area (TPSA) is 58.6 Å². The van der Waals surface area contributed by atoms with E-state index in [4.69, 9.17) is 4.74 Å². The monoisotopic (exact) mass is 327 g/mol. The van der Waals surface area contributed by atoms with Crippen molar-refractivity contribution >= 4 is 6.09 Å². The van der Waals surface area contributed by atoms with E-state index in [9.17, 15) is 9.90 Å². The molecule has 136 valence electrons. The Bertz CT molecular complexity index is 296. The van der Waals surface area contributed by atoms with E-state index in [1.165, 1.54) is 77.0 Å². The van der Waals surface area contributed by atoms with Gasteiger partial charge in [-0.05, 0) is 6.42 Å². The normalized spacial score (nSPS) is 18.7. The van der Waals surface area contributed by atoms with Crippen LogP contribution in [0.15, 0.2) is 0 Å². The first-order chi connectivity index (χ1) is 11.2. The Morgan fingerprint density at radius 1 is 0.957 bits per heavy atom. The maximum absolute atomic E-state index is 10.9. The molecule has 1 aliphatic heterocycles. The van der Waals surface area contributed by atoms with Crippen molar-refractivity contribution in [3.8, 4) is 0 Å². The first kappa shape index (κ1) is 20.3. The van der Waals surface area contributed by atoms with Crippen molar-refractivity contribution in [2.75, 3.05) is 6.61 Å². The van der Waals surface area contributed by atoms with Crippen LogP contribution in [-0.2, 0) is 4.74 Å². The average Bonchev–Trinajstić information content (AvgIpc) is 2.98. The van der Waals surface area contributed by atoms with E-state index in [2.05, 4.69) is 12.2 Å². The third-order valence-corrected chi connectivity index (χ3v) is 4.77. The predicted molar refractivity (Wildman–Crippen MR) is 94.6 cm³/mol. The number of cyclic esters (lactones) is 1. The molecule has 0 aromatic carbocycles. The minimum Gasteiger partial charge on any atom is -0.447 e. The van der Waals surface area contributed by atoms with Gasteiger partial charge in [0.15, 0.2) is 0 Å². The van der Waals surface area contributed by atoms with E-state index < -0.39 is 12.2 Å². The number of nitrogens with one attached hydrogen (secondary N) is 1. The Morgan fingerprint density at radius 2 is 1.43 bits per heavy atom. The maximum Gasteiger partial charge on any atom is 0.407 e. The van der Waals surface area contributed by atoms with Gasteiger partial charge in [-0.15, -0.1) is 0 Å². The number of aliphatic hydroxyl groups is 1. The molecule has 0 radical (unpaired) electrons. The number of aliphatic hydroxyl groups excluding tert-OH is 1. The van der Waals surface area contributed by atoms with Crippen LogP contribution in [0.1, 0.15) is 96.8 Å². The predicted octanol–water partition coefficient (Wildman–Crippen LogP) is 4.94. The second-order valence-electron chi connectivity index (χ2n) is 6.95. The summed E-state index contributed by atoms with van der Waals surface area (Å²) in [4.78, 5) is 10.9. The molecule has 0 aromatic rings. The van der Waals surface area contributed by atoms with Gasteiger partial charge in [-0.2, -0.15) is 0 Å². The van der Waals surface area contributed by atoms with Crippen LogP contribution in [0.3, 0.4) is 0 Å². The average molecular weight is 328 g/mol. The molecule has 1 heterocycles. The van der Waals surface area contributed by atoms with Gasteiger partial charge in [0.25, 0.3) is 0 Å².